The van der Waals surface area contributed by atoms with Crippen LogP contribution in [0.5, 0.6) is 0 Å². The number of benzene rings is 1. The molecule has 1 unspecified atom stereocenters. The highest BCUT2D eigenvalue weighted by molar-refractivity contribution is 9.10. The Balaban J connectivity index is 2.34. The quantitative estimate of drug-likeness (QED) is 0.829. The van der Waals surface area contributed by atoms with E-state index < -0.39 is 16.0 Å². The maximum absolute atomic E-state index is 12.4. The van der Waals surface area contributed by atoms with Gasteiger partial charge in [-0.15, -0.1) is 0 Å². The average molecular weight is 377 g/mol. The first kappa shape index (κ1) is 16.4. The molecule has 0 radical (unpaired) electrons. The van der Waals surface area contributed by atoms with Crippen LogP contribution in [0.1, 0.15) is 22.3 Å². The van der Waals surface area contributed by atoms with Crippen molar-refractivity contribution < 1.29 is 18.3 Å². The Bertz CT molecular complexity index is 675. The van der Waals surface area contributed by atoms with Crippen LogP contribution in [0.3, 0.4) is 0 Å². The summed E-state index contributed by atoms with van der Waals surface area (Å²) in [7, 11) is -1.80. The summed E-state index contributed by atoms with van der Waals surface area (Å²) < 4.78 is 27.9. The molecule has 1 saturated heterocycles. The van der Waals surface area contributed by atoms with Crippen molar-refractivity contribution in [1.82, 2.24) is 9.62 Å². The third kappa shape index (κ3) is 3.63. The fraction of sp³-hybridized carbons (Fsp3) is 0.462. The van der Waals surface area contributed by atoms with E-state index in [1.54, 1.807) is 6.92 Å². The number of nitrogens with one attached hydrogen (secondary N) is 1. The number of likely N-dealkylation sites (tertiary alicyclic amines) is 1. The Morgan fingerprint density at radius 2 is 2.14 bits per heavy atom. The highest BCUT2D eigenvalue weighted by atomic mass is 79.9. The predicted molar refractivity (Wildman–Crippen MR) is 82.1 cm³/mol. The van der Waals surface area contributed by atoms with Crippen LogP contribution in [0.2, 0.25) is 0 Å². The molecule has 2 rings (SSSR count). The molecule has 21 heavy (non-hydrogen) atoms. The topological polar surface area (TPSA) is 86.7 Å². The molecule has 1 aliphatic rings. The number of sulfonamides is 1. The number of halogens is 1. The summed E-state index contributed by atoms with van der Waals surface area (Å²) in [4.78, 5) is 13.2. The summed E-state index contributed by atoms with van der Waals surface area (Å²) in [6.45, 7) is 3.12. The van der Waals surface area contributed by atoms with Gasteiger partial charge in [-0.25, -0.2) is 17.9 Å². The van der Waals surface area contributed by atoms with Crippen LogP contribution >= 0.6 is 15.9 Å². The van der Waals surface area contributed by atoms with Crippen molar-refractivity contribution in [2.75, 3.05) is 20.1 Å². The smallest absolute Gasteiger partial charge is 0.336 e. The molecule has 1 fully saturated rings. The Hall–Kier alpha value is -0.960. The number of carboxylic acid groups (broad SMARTS) is 1. The molecule has 0 amide bonds. The number of rotatable bonds is 4. The number of hydrogen-bond acceptors (Lipinski definition) is 4. The van der Waals surface area contributed by atoms with Gasteiger partial charge in [0, 0.05) is 17.1 Å². The number of hydrogen-bond donors (Lipinski definition) is 2. The average Bonchev–Trinajstić information content (AvgIpc) is 2.76. The van der Waals surface area contributed by atoms with Crippen LogP contribution in [0.15, 0.2) is 21.5 Å². The molecular weight excluding hydrogens is 360 g/mol. The van der Waals surface area contributed by atoms with Gasteiger partial charge in [0.15, 0.2) is 0 Å². The van der Waals surface area contributed by atoms with E-state index in [1.807, 2.05) is 11.9 Å². The Kier molecular flexibility index (Phi) is 4.72. The van der Waals surface area contributed by atoms with Crippen molar-refractivity contribution in [3.63, 3.8) is 0 Å². The van der Waals surface area contributed by atoms with Gasteiger partial charge in [0.2, 0.25) is 10.0 Å². The Morgan fingerprint density at radius 3 is 2.67 bits per heavy atom. The second-order valence-electron chi connectivity index (χ2n) is 5.25. The van der Waals surface area contributed by atoms with E-state index in [-0.39, 0.29) is 16.5 Å². The van der Waals surface area contributed by atoms with Crippen LogP contribution in [-0.4, -0.2) is 50.6 Å². The van der Waals surface area contributed by atoms with Gasteiger partial charge in [0.05, 0.1) is 10.5 Å². The first-order chi connectivity index (χ1) is 9.70. The van der Waals surface area contributed by atoms with Crippen molar-refractivity contribution in [2.45, 2.75) is 24.3 Å². The van der Waals surface area contributed by atoms with Crippen molar-refractivity contribution in [2.24, 2.45) is 0 Å². The number of carboxylic acids is 1. The molecule has 1 aliphatic heterocycles. The van der Waals surface area contributed by atoms with Crippen molar-refractivity contribution in [3.05, 3.63) is 27.7 Å². The minimum Gasteiger partial charge on any atom is -0.478 e. The van der Waals surface area contributed by atoms with Crippen molar-refractivity contribution in [3.8, 4) is 0 Å². The zero-order valence-corrected chi connectivity index (χ0v) is 14.2. The van der Waals surface area contributed by atoms with Gasteiger partial charge in [-0.05, 0) is 44.6 Å². The minimum absolute atomic E-state index is 0.0201. The summed E-state index contributed by atoms with van der Waals surface area (Å²) >= 11 is 3.22. The van der Waals surface area contributed by atoms with Crippen molar-refractivity contribution in [1.29, 1.82) is 0 Å². The van der Waals surface area contributed by atoms with Crippen LogP contribution in [0, 0.1) is 6.92 Å². The van der Waals surface area contributed by atoms with E-state index in [0.29, 0.717) is 16.6 Å². The lowest BCUT2D eigenvalue weighted by molar-refractivity contribution is 0.0695. The molecule has 0 spiro atoms. The molecule has 1 heterocycles. The molecule has 0 bridgehead atoms. The lowest BCUT2D eigenvalue weighted by Crippen LogP contribution is -2.36. The fourth-order valence-corrected chi connectivity index (χ4v) is 4.27. The molecule has 8 heteroatoms. The van der Waals surface area contributed by atoms with Gasteiger partial charge >= 0.3 is 5.97 Å². The first-order valence-electron chi connectivity index (χ1n) is 6.45. The summed E-state index contributed by atoms with van der Waals surface area (Å²) in [5.41, 5.74) is 0.482. The first-order valence-corrected chi connectivity index (χ1v) is 8.72. The molecule has 0 saturated carbocycles. The van der Waals surface area contributed by atoms with Gasteiger partial charge < -0.3 is 10.0 Å². The molecular formula is C13H17BrN2O4S. The molecule has 116 valence electrons. The summed E-state index contributed by atoms with van der Waals surface area (Å²) in [6, 6.07) is 2.49. The monoisotopic (exact) mass is 376 g/mol. The largest absolute Gasteiger partial charge is 0.478 e. The van der Waals surface area contributed by atoms with Crippen LogP contribution in [0.25, 0.3) is 0 Å². The van der Waals surface area contributed by atoms with Crippen LogP contribution < -0.4 is 4.72 Å². The number of aromatic carboxylic acids is 1. The molecule has 2 N–H and O–H groups in total. The summed E-state index contributed by atoms with van der Waals surface area (Å²) in [5.74, 6) is -1.15. The molecule has 1 aromatic carbocycles. The zero-order valence-electron chi connectivity index (χ0n) is 11.8. The van der Waals surface area contributed by atoms with Gasteiger partial charge in [0.1, 0.15) is 0 Å². The van der Waals surface area contributed by atoms with E-state index in [1.165, 1.54) is 12.1 Å². The van der Waals surface area contributed by atoms with Crippen molar-refractivity contribution >= 4 is 31.9 Å². The lowest BCUT2D eigenvalue weighted by atomic mass is 10.1. The second-order valence-corrected chi connectivity index (χ2v) is 7.82. The minimum atomic E-state index is -3.73. The highest BCUT2D eigenvalue weighted by Crippen LogP contribution is 2.25. The van der Waals surface area contributed by atoms with E-state index in [2.05, 4.69) is 20.7 Å². The zero-order chi connectivity index (χ0) is 15.8. The third-order valence-electron chi connectivity index (χ3n) is 3.57. The molecule has 1 aromatic rings. The standard InChI is InChI=1S/C13H17BrN2O4S/c1-8-11(13(17)18)5-10(6-12(8)14)21(19,20)15-9-3-4-16(2)7-9/h5-6,9,15H,3-4,7H2,1-2H3,(H,17,18). The van der Waals surface area contributed by atoms with Gasteiger partial charge in [-0.1, -0.05) is 15.9 Å². The van der Waals surface area contributed by atoms with E-state index in [0.717, 1.165) is 13.0 Å². The maximum atomic E-state index is 12.4. The van der Waals surface area contributed by atoms with Gasteiger partial charge in [-0.3, -0.25) is 0 Å². The molecule has 1 atom stereocenters. The van der Waals surface area contributed by atoms with E-state index >= 15 is 0 Å². The predicted octanol–water partition coefficient (Wildman–Crippen LogP) is 1.44. The number of nitrogens with zero attached hydrogens (tertiary/aromatic N) is 1. The number of likely N-dealkylation sites (N-methyl/N-ethyl adjacent to an activating group) is 1. The molecule has 0 aromatic heterocycles. The second kappa shape index (κ2) is 6.04. The lowest BCUT2D eigenvalue weighted by Gasteiger charge is -2.15. The van der Waals surface area contributed by atoms with Crippen LogP contribution in [0.4, 0.5) is 0 Å². The Labute approximate surface area is 132 Å². The normalized spacial score (nSPS) is 19.9. The third-order valence-corrected chi connectivity index (χ3v) is 5.90. The van der Waals surface area contributed by atoms with Gasteiger partial charge in [0.25, 0.3) is 0 Å². The fourth-order valence-electron chi connectivity index (χ4n) is 2.35. The summed E-state index contributed by atoms with van der Waals surface area (Å²) in [5, 5.41) is 9.16. The van der Waals surface area contributed by atoms with E-state index in [9.17, 15) is 13.2 Å². The number of carbonyl (C=O) groups is 1. The summed E-state index contributed by atoms with van der Waals surface area (Å²) in [6.07, 6.45) is 0.745. The molecule has 6 nitrogen and oxygen atoms in total. The highest BCUT2D eigenvalue weighted by Gasteiger charge is 2.26. The molecule has 0 aliphatic carbocycles. The SMILES string of the molecule is Cc1c(Br)cc(S(=O)(=O)NC2CCN(C)C2)cc1C(=O)O. The Morgan fingerprint density at radius 1 is 1.48 bits per heavy atom. The van der Waals surface area contributed by atoms with Crippen LogP contribution in [-0.2, 0) is 10.0 Å². The maximum Gasteiger partial charge on any atom is 0.336 e. The van der Waals surface area contributed by atoms with Gasteiger partial charge in [-0.2, -0.15) is 0 Å². The van der Waals surface area contributed by atoms with E-state index in [4.69, 9.17) is 5.11 Å².